The van der Waals surface area contributed by atoms with Gasteiger partial charge in [0.2, 0.25) is 11.8 Å². The number of hydrogen-bond acceptors (Lipinski definition) is 3. The van der Waals surface area contributed by atoms with Gasteiger partial charge in [-0.25, -0.2) is 0 Å². The lowest BCUT2D eigenvalue weighted by molar-refractivity contribution is -0.147. The molecule has 1 heterocycles. The van der Waals surface area contributed by atoms with Crippen LogP contribution in [0.1, 0.15) is 44.9 Å². The molecule has 1 aliphatic heterocycles. The van der Waals surface area contributed by atoms with Crippen molar-refractivity contribution in [3.8, 4) is 0 Å². The fourth-order valence-electron chi connectivity index (χ4n) is 3.89. The fraction of sp³-hybridized carbons (Fsp3) is 0.857. The van der Waals surface area contributed by atoms with Crippen LogP contribution in [0.5, 0.6) is 0 Å². The van der Waals surface area contributed by atoms with Gasteiger partial charge in [-0.3, -0.25) is 9.59 Å². The highest BCUT2D eigenvalue weighted by molar-refractivity contribution is 5.88. The molecule has 0 aromatic heterocycles. The van der Waals surface area contributed by atoms with Gasteiger partial charge in [-0.1, -0.05) is 12.8 Å². The van der Waals surface area contributed by atoms with Crippen molar-refractivity contribution in [2.75, 3.05) is 6.54 Å². The van der Waals surface area contributed by atoms with Crippen LogP contribution in [0, 0.1) is 5.92 Å². The van der Waals surface area contributed by atoms with Gasteiger partial charge in [0.25, 0.3) is 0 Å². The molecule has 3 fully saturated rings. The molecule has 0 radical (unpaired) electrons. The van der Waals surface area contributed by atoms with E-state index in [9.17, 15) is 9.59 Å². The molecular weight excluding hydrogens is 242 g/mol. The minimum Gasteiger partial charge on any atom is -0.350 e. The Kier molecular flexibility index (Phi) is 3.48. The zero-order chi connectivity index (χ0) is 13.4. The van der Waals surface area contributed by atoms with Crippen molar-refractivity contribution >= 4 is 11.8 Å². The molecule has 0 aromatic carbocycles. The Morgan fingerprint density at radius 3 is 2.74 bits per heavy atom. The highest BCUT2D eigenvalue weighted by Crippen LogP contribution is 2.31. The summed E-state index contributed by atoms with van der Waals surface area (Å²) in [6.45, 7) is 0.242. The van der Waals surface area contributed by atoms with Crippen LogP contribution < -0.4 is 11.1 Å². The molecule has 1 saturated heterocycles. The molecule has 2 saturated carbocycles. The number of nitrogens with one attached hydrogen (secondary N) is 1. The Morgan fingerprint density at radius 2 is 2.00 bits per heavy atom. The predicted octanol–water partition coefficient (Wildman–Crippen LogP) is 0.383. The maximum absolute atomic E-state index is 12.6. The minimum atomic E-state index is -0.00112. The molecule has 0 aromatic rings. The van der Waals surface area contributed by atoms with Crippen molar-refractivity contribution in [3.05, 3.63) is 0 Å². The number of rotatable bonds is 1. The van der Waals surface area contributed by atoms with Gasteiger partial charge in [0.1, 0.15) is 0 Å². The summed E-state index contributed by atoms with van der Waals surface area (Å²) in [5.74, 6) is 0.210. The van der Waals surface area contributed by atoms with Crippen molar-refractivity contribution < 1.29 is 9.59 Å². The monoisotopic (exact) mass is 265 g/mol. The van der Waals surface area contributed by atoms with Crippen molar-refractivity contribution in [2.24, 2.45) is 11.7 Å². The molecule has 2 aliphatic carbocycles. The zero-order valence-corrected chi connectivity index (χ0v) is 11.3. The van der Waals surface area contributed by atoms with Crippen LogP contribution in [0.2, 0.25) is 0 Å². The predicted molar refractivity (Wildman–Crippen MR) is 71.2 cm³/mol. The van der Waals surface area contributed by atoms with Crippen molar-refractivity contribution in [1.29, 1.82) is 0 Å². The number of piperazine rings is 1. The third-order valence-corrected chi connectivity index (χ3v) is 4.90. The molecule has 2 amide bonds. The second kappa shape index (κ2) is 5.12. The van der Waals surface area contributed by atoms with Crippen molar-refractivity contribution in [1.82, 2.24) is 10.2 Å². The molecule has 3 rings (SSSR count). The molecule has 106 valence electrons. The van der Waals surface area contributed by atoms with E-state index in [1.807, 2.05) is 4.90 Å². The zero-order valence-electron chi connectivity index (χ0n) is 11.3. The number of hydrogen-bond donors (Lipinski definition) is 2. The van der Waals surface area contributed by atoms with E-state index in [-0.39, 0.29) is 42.4 Å². The maximum atomic E-state index is 12.6. The van der Waals surface area contributed by atoms with E-state index in [2.05, 4.69) is 5.32 Å². The first kappa shape index (κ1) is 12.9. The van der Waals surface area contributed by atoms with E-state index in [0.717, 1.165) is 44.9 Å². The first-order valence-electron chi connectivity index (χ1n) is 7.50. The molecule has 4 atom stereocenters. The van der Waals surface area contributed by atoms with E-state index in [0.29, 0.717) is 0 Å². The number of carbonyl (C=O) groups excluding carboxylic acids is 2. The number of amides is 2. The van der Waals surface area contributed by atoms with Gasteiger partial charge >= 0.3 is 0 Å². The van der Waals surface area contributed by atoms with Gasteiger partial charge in [0, 0.05) is 18.0 Å². The maximum Gasteiger partial charge on any atom is 0.239 e. The average molecular weight is 265 g/mol. The summed E-state index contributed by atoms with van der Waals surface area (Å²) in [6, 6.07) is 0.555. The van der Waals surface area contributed by atoms with E-state index >= 15 is 0 Å². The summed E-state index contributed by atoms with van der Waals surface area (Å²) in [6.07, 6.45) is 6.94. The topological polar surface area (TPSA) is 75.4 Å². The molecule has 3 aliphatic rings. The summed E-state index contributed by atoms with van der Waals surface area (Å²) in [5, 5.41) is 3.04. The van der Waals surface area contributed by atoms with Gasteiger partial charge in [-0.15, -0.1) is 0 Å². The van der Waals surface area contributed by atoms with E-state index in [1.54, 1.807) is 0 Å². The lowest BCUT2D eigenvalue weighted by atomic mass is 9.86. The Morgan fingerprint density at radius 1 is 1.21 bits per heavy atom. The van der Waals surface area contributed by atoms with Gasteiger partial charge in [0.15, 0.2) is 0 Å². The van der Waals surface area contributed by atoms with Crippen LogP contribution in [0.3, 0.4) is 0 Å². The highest BCUT2D eigenvalue weighted by Gasteiger charge is 2.41. The van der Waals surface area contributed by atoms with Crippen LogP contribution in [0.4, 0.5) is 0 Å². The Labute approximate surface area is 113 Å². The van der Waals surface area contributed by atoms with Crippen molar-refractivity contribution in [3.63, 3.8) is 0 Å². The Hall–Kier alpha value is -1.10. The smallest absolute Gasteiger partial charge is 0.239 e. The Balaban J connectivity index is 1.73. The van der Waals surface area contributed by atoms with Crippen LogP contribution in [0.15, 0.2) is 0 Å². The summed E-state index contributed by atoms with van der Waals surface area (Å²) in [5.41, 5.74) is 5.90. The number of nitrogens with two attached hydrogens (primary N) is 1. The van der Waals surface area contributed by atoms with Gasteiger partial charge < -0.3 is 16.0 Å². The summed E-state index contributed by atoms with van der Waals surface area (Å²) < 4.78 is 0. The van der Waals surface area contributed by atoms with Gasteiger partial charge in [0.05, 0.1) is 12.6 Å². The van der Waals surface area contributed by atoms with E-state index in [4.69, 9.17) is 5.73 Å². The molecule has 19 heavy (non-hydrogen) atoms. The quantitative estimate of drug-likeness (QED) is 0.720. The number of fused-ring (bicyclic) bond motifs is 1. The lowest BCUT2D eigenvalue weighted by Crippen LogP contribution is -2.63. The SMILES string of the molecule is NC1CCC(C(=O)N2CC(=O)NC3CCCCC32)C1. The normalized spacial score (nSPS) is 38.8. The molecule has 4 unspecified atom stereocenters. The molecule has 0 bridgehead atoms. The molecule has 0 spiro atoms. The Bertz CT molecular complexity index is 385. The summed E-state index contributed by atoms with van der Waals surface area (Å²) in [4.78, 5) is 26.3. The number of nitrogens with zero attached hydrogens (tertiary/aromatic N) is 1. The number of carbonyl (C=O) groups is 2. The molecule has 5 heteroatoms. The van der Waals surface area contributed by atoms with Gasteiger partial charge in [-0.2, -0.15) is 0 Å². The molecular formula is C14H23N3O2. The van der Waals surface area contributed by atoms with Crippen LogP contribution in [0.25, 0.3) is 0 Å². The molecule has 5 nitrogen and oxygen atoms in total. The fourth-order valence-corrected chi connectivity index (χ4v) is 3.89. The van der Waals surface area contributed by atoms with Crippen molar-refractivity contribution in [2.45, 2.75) is 63.1 Å². The third kappa shape index (κ3) is 2.48. The summed E-state index contributed by atoms with van der Waals surface area (Å²) >= 11 is 0. The minimum absolute atomic E-state index is 0.00112. The highest BCUT2D eigenvalue weighted by atomic mass is 16.2. The average Bonchev–Trinajstić information content (AvgIpc) is 2.83. The lowest BCUT2D eigenvalue weighted by Gasteiger charge is -2.44. The van der Waals surface area contributed by atoms with E-state index < -0.39 is 0 Å². The van der Waals surface area contributed by atoms with Crippen LogP contribution in [-0.4, -0.2) is 41.4 Å². The van der Waals surface area contributed by atoms with Crippen LogP contribution >= 0.6 is 0 Å². The first-order valence-corrected chi connectivity index (χ1v) is 7.50. The van der Waals surface area contributed by atoms with Crippen LogP contribution in [-0.2, 0) is 9.59 Å². The molecule has 3 N–H and O–H groups in total. The third-order valence-electron chi connectivity index (χ3n) is 4.90. The standard InChI is InChI=1S/C14H23N3O2/c15-10-6-5-9(7-10)14(19)17-8-13(18)16-11-3-1-2-4-12(11)17/h9-12H,1-8,15H2,(H,16,18). The first-order chi connectivity index (χ1) is 9.15. The second-order valence-corrected chi connectivity index (χ2v) is 6.26. The second-order valence-electron chi connectivity index (χ2n) is 6.26. The van der Waals surface area contributed by atoms with E-state index in [1.165, 1.54) is 0 Å². The largest absolute Gasteiger partial charge is 0.350 e. The van der Waals surface area contributed by atoms with Gasteiger partial charge in [-0.05, 0) is 32.1 Å². The summed E-state index contributed by atoms with van der Waals surface area (Å²) in [7, 11) is 0.